The fourth-order valence-corrected chi connectivity index (χ4v) is 1.74. The van der Waals surface area contributed by atoms with E-state index in [4.69, 9.17) is 5.73 Å². The maximum atomic E-state index is 12.4. The third-order valence-corrected chi connectivity index (χ3v) is 2.82. The van der Waals surface area contributed by atoms with E-state index in [-0.39, 0.29) is 12.1 Å². The number of nitrogens with two attached hydrogens (primary N) is 1. The molecular weight excluding hydrogens is 271 g/mol. The lowest BCUT2D eigenvalue weighted by molar-refractivity contribution is -0.137. The van der Waals surface area contributed by atoms with Gasteiger partial charge in [0, 0.05) is 18.3 Å². The van der Waals surface area contributed by atoms with Gasteiger partial charge < -0.3 is 5.73 Å². The van der Waals surface area contributed by atoms with Crippen LogP contribution in [-0.2, 0) is 12.7 Å². The fraction of sp³-hybridized carbons (Fsp3) is 0.231. The minimum absolute atomic E-state index is 0.102. The highest BCUT2D eigenvalue weighted by molar-refractivity contribution is 5.26. The summed E-state index contributed by atoms with van der Waals surface area (Å²) in [5.74, 6) is 0. The summed E-state index contributed by atoms with van der Waals surface area (Å²) in [5.41, 5.74) is 5.34. The summed E-state index contributed by atoms with van der Waals surface area (Å²) in [6.45, 7) is 0.102. The van der Waals surface area contributed by atoms with E-state index in [0.29, 0.717) is 5.56 Å². The first-order valence-corrected chi connectivity index (χ1v) is 5.83. The zero-order valence-electron chi connectivity index (χ0n) is 10.3. The molecule has 106 valence electrons. The van der Waals surface area contributed by atoms with E-state index in [9.17, 15) is 18.0 Å². The Labute approximate surface area is 112 Å². The van der Waals surface area contributed by atoms with Crippen molar-refractivity contribution in [1.29, 1.82) is 0 Å². The SMILES string of the molecule is NC(Cn1ncccc1=O)c1ccc(C(F)(F)F)cc1. The van der Waals surface area contributed by atoms with Crippen LogP contribution < -0.4 is 11.3 Å². The van der Waals surface area contributed by atoms with Gasteiger partial charge in [0.1, 0.15) is 0 Å². The van der Waals surface area contributed by atoms with Crippen LogP contribution in [0.1, 0.15) is 17.2 Å². The standard InChI is InChI=1S/C13H12F3N3O/c14-13(15,16)10-5-3-9(4-6-10)11(17)8-19-12(20)2-1-7-18-19/h1-7,11H,8,17H2. The van der Waals surface area contributed by atoms with Crippen LogP contribution in [0.5, 0.6) is 0 Å². The van der Waals surface area contributed by atoms with Crippen molar-refractivity contribution in [2.45, 2.75) is 18.8 Å². The maximum absolute atomic E-state index is 12.4. The van der Waals surface area contributed by atoms with E-state index < -0.39 is 17.8 Å². The van der Waals surface area contributed by atoms with Crippen LogP contribution >= 0.6 is 0 Å². The highest BCUT2D eigenvalue weighted by Gasteiger charge is 2.30. The summed E-state index contributed by atoms with van der Waals surface area (Å²) < 4.78 is 38.5. The van der Waals surface area contributed by atoms with Crippen LogP contribution in [0.25, 0.3) is 0 Å². The molecule has 0 amide bonds. The molecule has 0 fully saturated rings. The molecule has 0 radical (unpaired) electrons. The first-order chi connectivity index (χ1) is 9.38. The van der Waals surface area contributed by atoms with Gasteiger partial charge in [0.25, 0.3) is 5.56 Å². The highest BCUT2D eigenvalue weighted by atomic mass is 19.4. The lowest BCUT2D eigenvalue weighted by Crippen LogP contribution is -2.27. The molecule has 2 N–H and O–H groups in total. The maximum Gasteiger partial charge on any atom is 0.416 e. The third kappa shape index (κ3) is 3.24. The van der Waals surface area contributed by atoms with E-state index in [2.05, 4.69) is 5.10 Å². The van der Waals surface area contributed by atoms with E-state index >= 15 is 0 Å². The van der Waals surface area contributed by atoms with Crippen molar-refractivity contribution in [2.24, 2.45) is 5.73 Å². The van der Waals surface area contributed by atoms with Gasteiger partial charge in [-0.25, -0.2) is 4.68 Å². The van der Waals surface area contributed by atoms with Crippen LogP contribution in [0.3, 0.4) is 0 Å². The number of benzene rings is 1. The summed E-state index contributed by atoms with van der Waals surface area (Å²) in [7, 11) is 0. The van der Waals surface area contributed by atoms with Crippen LogP contribution in [0, 0.1) is 0 Å². The summed E-state index contributed by atoms with van der Waals surface area (Å²) >= 11 is 0. The summed E-state index contributed by atoms with van der Waals surface area (Å²) in [6.07, 6.45) is -2.93. The Bertz CT molecular complexity index is 634. The topological polar surface area (TPSA) is 60.9 Å². The number of rotatable bonds is 3. The normalized spacial score (nSPS) is 13.2. The van der Waals surface area contributed by atoms with Crippen LogP contribution in [0.15, 0.2) is 47.4 Å². The van der Waals surface area contributed by atoms with Gasteiger partial charge >= 0.3 is 6.18 Å². The molecule has 0 aliphatic carbocycles. The van der Waals surface area contributed by atoms with E-state index in [0.717, 1.165) is 12.1 Å². The Kier molecular flexibility index (Phi) is 3.89. The monoisotopic (exact) mass is 283 g/mol. The number of aromatic nitrogens is 2. The molecule has 1 aromatic heterocycles. The van der Waals surface area contributed by atoms with E-state index in [1.807, 2.05) is 0 Å². The molecule has 2 rings (SSSR count). The Morgan fingerprint density at radius 3 is 2.40 bits per heavy atom. The number of nitrogens with zero attached hydrogens (tertiary/aromatic N) is 2. The minimum atomic E-state index is -4.37. The molecular formula is C13H12F3N3O. The van der Waals surface area contributed by atoms with Gasteiger partial charge in [-0.1, -0.05) is 12.1 Å². The second kappa shape index (κ2) is 5.46. The zero-order valence-corrected chi connectivity index (χ0v) is 10.3. The van der Waals surface area contributed by atoms with Crippen LogP contribution in [0.2, 0.25) is 0 Å². The molecule has 0 saturated carbocycles. The number of hydrogen-bond donors (Lipinski definition) is 1. The molecule has 20 heavy (non-hydrogen) atoms. The molecule has 0 saturated heterocycles. The summed E-state index contributed by atoms with van der Waals surface area (Å²) in [4.78, 5) is 11.5. The molecule has 2 aromatic rings. The molecule has 4 nitrogen and oxygen atoms in total. The predicted octanol–water partition coefficient (Wildman–Crippen LogP) is 1.96. The van der Waals surface area contributed by atoms with Crippen molar-refractivity contribution in [2.75, 3.05) is 0 Å². The molecule has 1 aromatic carbocycles. The third-order valence-electron chi connectivity index (χ3n) is 2.82. The molecule has 1 heterocycles. The second-order valence-corrected chi connectivity index (χ2v) is 4.27. The molecule has 1 atom stereocenters. The average molecular weight is 283 g/mol. The molecule has 0 spiro atoms. The Balaban J connectivity index is 2.16. The lowest BCUT2D eigenvalue weighted by atomic mass is 10.1. The number of alkyl halides is 3. The first kappa shape index (κ1) is 14.3. The van der Waals surface area contributed by atoms with Gasteiger partial charge in [-0.05, 0) is 23.8 Å². The number of hydrogen-bond acceptors (Lipinski definition) is 3. The zero-order chi connectivity index (χ0) is 14.8. The van der Waals surface area contributed by atoms with E-state index in [1.165, 1.54) is 35.1 Å². The number of halogens is 3. The van der Waals surface area contributed by atoms with Crippen molar-refractivity contribution >= 4 is 0 Å². The van der Waals surface area contributed by atoms with Crippen molar-refractivity contribution in [3.8, 4) is 0 Å². The lowest BCUT2D eigenvalue weighted by Gasteiger charge is -2.14. The van der Waals surface area contributed by atoms with Crippen molar-refractivity contribution in [3.63, 3.8) is 0 Å². The summed E-state index contributed by atoms with van der Waals surface area (Å²) in [5, 5.41) is 3.84. The largest absolute Gasteiger partial charge is 0.416 e. The van der Waals surface area contributed by atoms with Gasteiger partial charge in [-0.2, -0.15) is 18.3 Å². The Morgan fingerprint density at radius 1 is 1.20 bits per heavy atom. The van der Waals surface area contributed by atoms with Crippen molar-refractivity contribution < 1.29 is 13.2 Å². The van der Waals surface area contributed by atoms with Gasteiger partial charge in [-0.15, -0.1) is 0 Å². The molecule has 7 heteroatoms. The van der Waals surface area contributed by atoms with Gasteiger partial charge in [-0.3, -0.25) is 4.79 Å². The summed E-state index contributed by atoms with van der Waals surface area (Å²) in [6, 6.07) is 6.79. The molecule has 0 bridgehead atoms. The fourth-order valence-electron chi connectivity index (χ4n) is 1.74. The van der Waals surface area contributed by atoms with Crippen molar-refractivity contribution in [1.82, 2.24) is 9.78 Å². The molecule has 1 unspecified atom stereocenters. The smallest absolute Gasteiger partial charge is 0.322 e. The highest BCUT2D eigenvalue weighted by Crippen LogP contribution is 2.29. The first-order valence-electron chi connectivity index (χ1n) is 5.83. The van der Waals surface area contributed by atoms with Gasteiger partial charge in [0.15, 0.2) is 0 Å². The Hall–Kier alpha value is -2.15. The average Bonchev–Trinajstić information content (AvgIpc) is 2.40. The van der Waals surface area contributed by atoms with Crippen LogP contribution in [-0.4, -0.2) is 9.78 Å². The van der Waals surface area contributed by atoms with Gasteiger partial charge in [0.05, 0.1) is 12.1 Å². The Morgan fingerprint density at radius 2 is 1.85 bits per heavy atom. The minimum Gasteiger partial charge on any atom is -0.322 e. The molecule has 0 aliphatic heterocycles. The van der Waals surface area contributed by atoms with Crippen LogP contribution in [0.4, 0.5) is 13.2 Å². The van der Waals surface area contributed by atoms with E-state index in [1.54, 1.807) is 0 Å². The van der Waals surface area contributed by atoms with Gasteiger partial charge in [0.2, 0.25) is 0 Å². The second-order valence-electron chi connectivity index (χ2n) is 4.27. The predicted molar refractivity (Wildman–Crippen MR) is 66.9 cm³/mol. The quantitative estimate of drug-likeness (QED) is 0.936. The van der Waals surface area contributed by atoms with Crippen molar-refractivity contribution in [3.05, 3.63) is 64.1 Å². The molecule has 0 aliphatic rings.